The highest BCUT2D eigenvalue weighted by molar-refractivity contribution is 6.01. The second kappa shape index (κ2) is 8.72. The summed E-state index contributed by atoms with van der Waals surface area (Å²) in [4.78, 5) is 40.1. The maximum atomic E-state index is 13.3. The van der Waals surface area contributed by atoms with Crippen molar-refractivity contribution in [2.75, 3.05) is 7.05 Å². The van der Waals surface area contributed by atoms with Gasteiger partial charge in [-0.3, -0.25) is 19.1 Å². The van der Waals surface area contributed by atoms with Gasteiger partial charge in [-0.1, -0.05) is 31.4 Å². The van der Waals surface area contributed by atoms with E-state index < -0.39 is 11.4 Å². The van der Waals surface area contributed by atoms with Gasteiger partial charge in [-0.25, -0.2) is 4.39 Å². The number of hydrogen-bond acceptors (Lipinski definition) is 4. The van der Waals surface area contributed by atoms with Crippen LogP contribution in [-0.2, 0) is 17.9 Å². The number of aromatic nitrogens is 2. The van der Waals surface area contributed by atoms with Crippen molar-refractivity contribution in [1.82, 2.24) is 25.3 Å². The first-order chi connectivity index (χ1) is 15.3. The van der Waals surface area contributed by atoms with Gasteiger partial charge in [0.1, 0.15) is 17.1 Å². The number of rotatable bonds is 5. The summed E-state index contributed by atoms with van der Waals surface area (Å²) in [6.45, 7) is 2.01. The number of halogens is 1. The minimum absolute atomic E-state index is 0.0788. The summed E-state index contributed by atoms with van der Waals surface area (Å²) in [5.74, 6) is -1.43. The van der Waals surface area contributed by atoms with E-state index in [1.165, 1.54) is 34.2 Å². The van der Waals surface area contributed by atoms with Crippen LogP contribution in [0, 0.1) is 5.82 Å². The van der Waals surface area contributed by atoms with Crippen molar-refractivity contribution in [2.45, 2.75) is 63.7 Å². The summed E-state index contributed by atoms with van der Waals surface area (Å²) < 4.78 is 14.8. The number of nitrogens with one attached hydrogen (secondary N) is 2. The molecular formula is C23H28FN5O3. The number of carbonyl (C=O) groups excluding carboxylic acids is 3. The van der Waals surface area contributed by atoms with Crippen LogP contribution in [0.25, 0.3) is 0 Å². The first-order valence-electron chi connectivity index (χ1n) is 11.0. The van der Waals surface area contributed by atoms with Crippen LogP contribution in [-0.4, -0.2) is 51.0 Å². The standard InChI is InChI=1S/C23H28FN5O3/c1-23(22(32)26-17-9-4-3-5-10-17)14-29-19(21(31)28(23)2)12-18(27-29)20(30)25-13-15-7-6-8-16(24)11-15/h6-8,11-12,17H,3-5,9-10,13-14H2,1-2H3,(H,25,30)(H,26,32). The highest BCUT2D eigenvalue weighted by Crippen LogP contribution is 2.27. The van der Waals surface area contributed by atoms with Crippen LogP contribution in [0.4, 0.5) is 4.39 Å². The SMILES string of the molecule is CN1C(=O)c2cc(C(=O)NCc3cccc(F)c3)nn2CC1(C)C(=O)NC1CCCCC1. The highest BCUT2D eigenvalue weighted by atomic mass is 19.1. The van der Waals surface area contributed by atoms with E-state index in [1.807, 2.05) is 0 Å². The Morgan fingerprint density at radius 3 is 2.69 bits per heavy atom. The molecule has 2 N–H and O–H groups in total. The van der Waals surface area contributed by atoms with Gasteiger partial charge >= 0.3 is 0 Å². The van der Waals surface area contributed by atoms with Gasteiger partial charge in [-0.15, -0.1) is 0 Å². The normalized spacial score (nSPS) is 21.2. The van der Waals surface area contributed by atoms with Gasteiger partial charge in [0.2, 0.25) is 5.91 Å². The smallest absolute Gasteiger partial charge is 0.272 e. The van der Waals surface area contributed by atoms with E-state index in [0.29, 0.717) is 5.56 Å². The first kappa shape index (κ1) is 22.0. The Hall–Kier alpha value is -3.23. The van der Waals surface area contributed by atoms with E-state index >= 15 is 0 Å². The zero-order chi connectivity index (χ0) is 22.9. The van der Waals surface area contributed by atoms with Gasteiger partial charge < -0.3 is 15.5 Å². The molecule has 0 saturated heterocycles. The lowest BCUT2D eigenvalue weighted by atomic mass is 9.92. The topological polar surface area (TPSA) is 96.3 Å². The lowest BCUT2D eigenvalue weighted by Gasteiger charge is -2.41. The predicted octanol–water partition coefficient (Wildman–Crippen LogP) is 2.25. The summed E-state index contributed by atoms with van der Waals surface area (Å²) in [6, 6.07) is 7.50. The van der Waals surface area contributed by atoms with Gasteiger partial charge in [0.05, 0.1) is 6.54 Å². The van der Waals surface area contributed by atoms with E-state index in [0.717, 1.165) is 25.7 Å². The van der Waals surface area contributed by atoms with E-state index in [9.17, 15) is 18.8 Å². The van der Waals surface area contributed by atoms with Gasteiger partial charge in [0, 0.05) is 25.7 Å². The van der Waals surface area contributed by atoms with Crippen LogP contribution in [0.2, 0.25) is 0 Å². The Balaban J connectivity index is 1.48. The van der Waals surface area contributed by atoms with Gasteiger partial charge in [-0.2, -0.15) is 5.10 Å². The zero-order valence-electron chi connectivity index (χ0n) is 18.4. The molecule has 1 aromatic carbocycles. The average molecular weight is 442 g/mol. The van der Waals surface area contributed by atoms with Crippen molar-refractivity contribution >= 4 is 17.7 Å². The molecule has 170 valence electrons. The van der Waals surface area contributed by atoms with Crippen LogP contribution in [0.1, 0.15) is 65.6 Å². The Kier molecular flexibility index (Phi) is 5.99. The molecule has 9 heteroatoms. The van der Waals surface area contributed by atoms with Crippen molar-refractivity contribution in [3.8, 4) is 0 Å². The monoisotopic (exact) mass is 441 g/mol. The molecule has 0 radical (unpaired) electrons. The van der Waals surface area contributed by atoms with Gasteiger partial charge in [-0.05, 0) is 37.5 Å². The summed E-state index contributed by atoms with van der Waals surface area (Å²) in [5, 5.41) is 10.1. The van der Waals surface area contributed by atoms with Crippen LogP contribution in [0.5, 0.6) is 0 Å². The molecule has 2 aliphatic rings. The molecule has 2 heterocycles. The van der Waals surface area contributed by atoms with E-state index in [4.69, 9.17) is 0 Å². The lowest BCUT2D eigenvalue weighted by molar-refractivity contribution is -0.133. The Bertz CT molecular complexity index is 1050. The van der Waals surface area contributed by atoms with Crippen LogP contribution >= 0.6 is 0 Å². The molecule has 1 aliphatic carbocycles. The molecular weight excluding hydrogens is 413 g/mol. The molecule has 1 unspecified atom stereocenters. The fourth-order valence-corrected chi connectivity index (χ4v) is 4.35. The van der Waals surface area contributed by atoms with Crippen LogP contribution in [0.15, 0.2) is 30.3 Å². The third kappa shape index (κ3) is 4.24. The maximum absolute atomic E-state index is 13.3. The molecule has 2 aromatic rings. The van der Waals surface area contributed by atoms with Gasteiger partial charge in [0.15, 0.2) is 5.69 Å². The molecule has 1 aromatic heterocycles. The largest absolute Gasteiger partial charge is 0.351 e. The minimum Gasteiger partial charge on any atom is -0.351 e. The summed E-state index contributed by atoms with van der Waals surface area (Å²) >= 11 is 0. The molecule has 32 heavy (non-hydrogen) atoms. The summed E-state index contributed by atoms with van der Waals surface area (Å²) in [7, 11) is 1.60. The molecule has 3 amide bonds. The third-order valence-electron chi connectivity index (χ3n) is 6.51. The van der Waals surface area contributed by atoms with Gasteiger partial charge in [0.25, 0.3) is 11.8 Å². The van der Waals surface area contributed by atoms with Crippen LogP contribution in [0.3, 0.4) is 0 Å². The molecule has 0 bridgehead atoms. The fourth-order valence-electron chi connectivity index (χ4n) is 4.35. The maximum Gasteiger partial charge on any atom is 0.272 e. The predicted molar refractivity (Wildman–Crippen MR) is 115 cm³/mol. The number of fused-ring (bicyclic) bond motifs is 1. The average Bonchev–Trinajstić information content (AvgIpc) is 3.20. The quantitative estimate of drug-likeness (QED) is 0.744. The van der Waals surface area contributed by atoms with E-state index in [2.05, 4.69) is 15.7 Å². The number of nitrogens with zero attached hydrogens (tertiary/aromatic N) is 3. The van der Waals surface area contributed by atoms with Crippen molar-refractivity contribution < 1.29 is 18.8 Å². The van der Waals surface area contributed by atoms with Crippen molar-refractivity contribution in [2.24, 2.45) is 0 Å². The van der Waals surface area contributed by atoms with E-state index in [-0.39, 0.29) is 48.2 Å². The second-order valence-electron chi connectivity index (χ2n) is 8.83. The molecule has 0 spiro atoms. The Morgan fingerprint density at radius 1 is 1.22 bits per heavy atom. The van der Waals surface area contributed by atoms with Crippen molar-refractivity contribution in [3.05, 3.63) is 53.1 Å². The number of hydrogen-bond donors (Lipinski definition) is 2. The highest BCUT2D eigenvalue weighted by Gasteiger charge is 2.46. The summed E-state index contributed by atoms with van der Waals surface area (Å²) in [5.41, 5.74) is -0.158. The van der Waals surface area contributed by atoms with Crippen molar-refractivity contribution in [3.63, 3.8) is 0 Å². The molecule has 1 atom stereocenters. The first-order valence-corrected chi connectivity index (χ1v) is 11.0. The van der Waals surface area contributed by atoms with Crippen LogP contribution < -0.4 is 10.6 Å². The summed E-state index contributed by atoms with van der Waals surface area (Å²) in [6.07, 6.45) is 5.26. The van der Waals surface area contributed by atoms with Crippen molar-refractivity contribution in [1.29, 1.82) is 0 Å². The minimum atomic E-state index is -1.11. The number of benzene rings is 1. The number of amides is 3. The second-order valence-corrected chi connectivity index (χ2v) is 8.83. The lowest BCUT2D eigenvalue weighted by Crippen LogP contribution is -2.63. The molecule has 1 aliphatic heterocycles. The Labute approximate surface area is 186 Å². The zero-order valence-corrected chi connectivity index (χ0v) is 18.4. The molecule has 4 rings (SSSR count). The fraction of sp³-hybridized carbons (Fsp3) is 0.478. The Morgan fingerprint density at radius 2 is 1.97 bits per heavy atom. The number of likely N-dealkylation sites (N-methyl/N-ethyl adjacent to an activating group) is 1. The molecule has 8 nitrogen and oxygen atoms in total. The van der Waals surface area contributed by atoms with E-state index in [1.54, 1.807) is 26.1 Å². The molecule has 1 saturated carbocycles. The third-order valence-corrected chi connectivity index (χ3v) is 6.51. The molecule has 1 fully saturated rings. The number of carbonyl (C=O) groups is 3.